The quantitative estimate of drug-likeness (QED) is 0.0261. The van der Waals surface area contributed by atoms with Gasteiger partial charge in [0.05, 0.1) is 13.2 Å². The molecule has 0 rings (SSSR count). The van der Waals surface area contributed by atoms with E-state index in [-0.39, 0.29) is 12.8 Å². The summed E-state index contributed by atoms with van der Waals surface area (Å²) in [4.78, 5) is 46.3. The average Bonchev–Trinajstić information content (AvgIpc) is 3.35. The van der Waals surface area contributed by atoms with Gasteiger partial charge in [-0.05, 0) is 12.8 Å². The lowest BCUT2D eigenvalue weighted by atomic mass is 10.0. The Morgan fingerprint density at radius 1 is 0.394 bits per heavy atom. The van der Waals surface area contributed by atoms with Gasteiger partial charge in [0.1, 0.15) is 12.7 Å². The molecule has 0 saturated carbocycles. The van der Waals surface area contributed by atoms with Crippen LogP contribution >= 0.6 is 7.82 Å². The first-order valence-corrected chi connectivity index (χ1v) is 32.1. The molecule has 12 heteroatoms. The first-order valence-electron chi connectivity index (χ1n) is 30.6. The Hall–Kier alpha value is -1.52. The zero-order valence-electron chi connectivity index (χ0n) is 46.6. The van der Waals surface area contributed by atoms with E-state index >= 15 is 0 Å². The highest BCUT2D eigenvalue weighted by atomic mass is 31.2. The van der Waals surface area contributed by atoms with Crippen LogP contribution < -0.4 is 5.32 Å². The summed E-state index contributed by atoms with van der Waals surface area (Å²) in [6, 6.07) is -1.54. The van der Waals surface area contributed by atoms with Crippen LogP contribution in [0.2, 0.25) is 0 Å². The largest absolute Gasteiger partial charge is 0.480 e. The third-order valence-corrected chi connectivity index (χ3v) is 15.1. The van der Waals surface area contributed by atoms with Crippen molar-refractivity contribution < 1.29 is 47.8 Å². The van der Waals surface area contributed by atoms with Gasteiger partial charge < -0.3 is 25.2 Å². The van der Waals surface area contributed by atoms with Crippen molar-refractivity contribution in [3.63, 3.8) is 0 Å². The SMILES string of the molecule is CCCCCCCCCCCCCCCCCCCCCCCCCCC(=O)NC(COP(=O)(O)OCC(O)COC(=O)CCCCCCCCCCCCCCCCCCCCCCCCC)C(=O)O. The minimum absolute atomic E-state index is 0.154. The van der Waals surface area contributed by atoms with Crippen LogP contribution in [0.5, 0.6) is 0 Å². The molecule has 4 N–H and O–H groups in total. The van der Waals surface area contributed by atoms with Crippen molar-refractivity contribution >= 4 is 25.7 Å². The number of carboxylic acid groups (broad SMARTS) is 1. The summed E-state index contributed by atoms with van der Waals surface area (Å²) in [5.41, 5.74) is 0. The van der Waals surface area contributed by atoms with Crippen molar-refractivity contribution in [2.24, 2.45) is 0 Å². The fourth-order valence-electron chi connectivity index (χ4n) is 9.44. The van der Waals surface area contributed by atoms with E-state index in [0.29, 0.717) is 12.8 Å². The van der Waals surface area contributed by atoms with Crippen LogP contribution in [-0.2, 0) is 32.7 Å². The van der Waals surface area contributed by atoms with Crippen LogP contribution in [0, 0.1) is 0 Å². The van der Waals surface area contributed by atoms with Crippen molar-refractivity contribution in [1.82, 2.24) is 5.32 Å². The number of esters is 1. The van der Waals surface area contributed by atoms with E-state index in [4.69, 9.17) is 13.8 Å². The Bertz CT molecular complexity index is 1210. The number of aliphatic hydroxyl groups excluding tert-OH is 1. The van der Waals surface area contributed by atoms with Gasteiger partial charge in [0.25, 0.3) is 0 Å². The van der Waals surface area contributed by atoms with Gasteiger partial charge in [0, 0.05) is 12.8 Å². The van der Waals surface area contributed by atoms with Gasteiger partial charge in [-0.25, -0.2) is 9.36 Å². The fraction of sp³-hybridized carbons (Fsp3) is 0.949. The van der Waals surface area contributed by atoms with E-state index in [1.165, 1.54) is 250 Å². The number of rotatable bonds is 59. The Balaban J connectivity index is 3.69. The number of carbonyl (C=O) groups excluding carboxylic acids is 2. The van der Waals surface area contributed by atoms with E-state index in [1.54, 1.807) is 0 Å². The first kappa shape index (κ1) is 69.5. The highest BCUT2D eigenvalue weighted by Gasteiger charge is 2.28. The molecule has 11 nitrogen and oxygen atoms in total. The molecule has 0 aliphatic heterocycles. The summed E-state index contributed by atoms with van der Waals surface area (Å²) < 4.78 is 27.1. The van der Waals surface area contributed by atoms with Crippen molar-refractivity contribution in [1.29, 1.82) is 0 Å². The summed E-state index contributed by atoms with van der Waals surface area (Å²) in [7, 11) is -4.76. The summed E-state index contributed by atoms with van der Waals surface area (Å²) in [6.45, 7) is 2.69. The Kier molecular flexibility index (Phi) is 53.6. The monoisotopic (exact) mass is 1030 g/mol. The van der Waals surface area contributed by atoms with Crippen LogP contribution in [0.1, 0.15) is 328 Å². The predicted molar refractivity (Wildman–Crippen MR) is 296 cm³/mol. The predicted octanol–water partition coefficient (Wildman–Crippen LogP) is 17.7. The number of aliphatic hydroxyl groups is 1. The number of ether oxygens (including phenoxy) is 1. The molecule has 1 amide bonds. The molecule has 0 fully saturated rings. The van der Waals surface area contributed by atoms with Crippen LogP contribution in [-0.4, -0.2) is 64.9 Å². The Morgan fingerprint density at radius 2 is 0.648 bits per heavy atom. The molecule has 0 spiro atoms. The van der Waals surface area contributed by atoms with Crippen LogP contribution in [0.3, 0.4) is 0 Å². The maximum Gasteiger partial charge on any atom is 0.472 e. The molecule has 0 aliphatic rings. The third-order valence-electron chi connectivity index (χ3n) is 14.1. The molecule has 0 bridgehead atoms. The number of aliphatic carboxylic acids is 1. The molecular weight excluding hydrogens is 914 g/mol. The summed E-state index contributed by atoms with van der Waals surface area (Å²) in [5.74, 6) is -2.34. The van der Waals surface area contributed by atoms with Crippen molar-refractivity contribution in [2.45, 2.75) is 341 Å². The molecule has 71 heavy (non-hydrogen) atoms. The number of carboxylic acids is 1. The second-order valence-electron chi connectivity index (χ2n) is 21.3. The average molecular weight is 1030 g/mol. The smallest absolute Gasteiger partial charge is 0.472 e. The van der Waals surface area contributed by atoms with Gasteiger partial charge in [-0.15, -0.1) is 0 Å². The van der Waals surface area contributed by atoms with Crippen molar-refractivity contribution in [2.75, 3.05) is 19.8 Å². The van der Waals surface area contributed by atoms with Gasteiger partial charge in [0.15, 0.2) is 6.04 Å². The van der Waals surface area contributed by atoms with Gasteiger partial charge in [-0.2, -0.15) is 0 Å². The van der Waals surface area contributed by atoms with E-state index in [9.17, 15) is 34.1 Å². The van der Waals surface area contributed by atoms with E-state index in [0.717, 1.165) is 38.5 Å². The number of unbranched alkanes of at least 4 members (excludes halogenated alkanes) is 45. The maximum absolute atomic E-state index is 12.4. The molecular formula is C59H116NO10P. The lowest BCUT2D eigenvalue weighted by Crippen LogP contribution is -2.43. The molecule has 0 radical (unpaired) electrons. The second-order valence-corrected chi connectivity index (χ2v) is 22.7. The lowest BCUT2D eigenvalue weighted by Gasteiger charge is -2.18. The van der Waals surface area contributed by atoms with Gasteiger partial charge in [0.2, 0.25) is 5.91 Å². The minimum atomic E-state index is -4.76. The van der Waals surface area contributed by atoms with Crippen molar-refractivity contribution in [3.8, 4) is 0 Å². The van der Waals surface area contributed by atoms with Crippen LogP contribution in [0.15, 0.2) is 0 Å². The highest BCUT2D eigenvalue weighted by Crippen LogP contribution is 2.43. The van der Waals surface area contributed by atoms with Crippen LogP contribution in [0.25, 0.3) is 0 Å². The van der Waals surface area contributed by atoms with Crippen LogP contribution in [0.4, 0.5) is 0 Å². The molecule has 422 valence electrons. The topological polar surface area (TPSA) is 169 Å². The van der Waals surface area contributed by atoms with Gasteiger partial charge >= 0.3 is 19.8 Å². The molecule has 0 saturated heterocycles. The van der Waals surface area contributed by atoms with Gasteiger partial charge in [-0.1, -0.05) is 303 Å². The summed E-state index contributed by atoms with van der Waals surface area (Å²) in [6.07, 6.45) is 60.0. The summed E-state index contributed by atoms with van der Waals surface area (Å²) >= 11 is 0. The van der Waals surface area contributed by atoms with E-state index < -0.39 is 57.6 Å². The molecule has 0 heterocycles. The number of carbonyl (C=O) groups is 3. The Morgan fingerprint density at radius 3 is 0.930 bits per heavy atom. The number of phosphoric ester groups is 1. The summed E-state index contributed by atoms with van der Waals surface area (Å²) in [5, 5.41) is 22.0. The fourth-order valence-corrected chi connectivity index (χ4v) is 10.2. The molecule has 0 aromatic heterocycles. The zero-order chi connectivity index (χ0) is 52.0. The lowest BCUT2D eigenvalue weighted by molar-refractivity contribution is -0.147. The number of phosphoric acid groups is 1. The van der Waals surface area contributed by atoms with Gasteiger partial charge in [-0.3, -0.25) is 18.6 Å². The molecule has 0 aromatic carbocycles. The first-order chi connectivity index (χ1) is 34.6. The number of amides is 1. The third kappa shape index (κ3) is 54.6. The molecule has 0 aliphatic carbocycles. The molecule has 3 unspecified atom stereocenters. The Labute approximate surface area is 437 Å². The number of hydrogen-bond acceptors (Lipinski definition) is 8. The molecule has 0 aromatic rings. The number of hydrogen-bond donors (Lipinski definition) is 4. The van der Waals surface area contributed by atoms with E-state index in [1.807, 2.05) is 0 Å². The van der Waals surface area contributed by atoms with E-state index in [2.05, 4.69) is 19.2 Å². The standard InChI is InChI=1S/C59H116NO10P/c1-3-5-7-9-11-13-15-17-19-21-23-25-27-29-30-32-34-36-38-40-42-44-46-48-50-57(62)60-56(59(64)65)54-70-71(66,67)69-53-55(61)52-68-58(63)51-49-47-45-43-41-39-37-35-33-31-28-26-24-22-20-18-16-14-12-10-8-6-4-2/h55-56,61H,3-54H2,1-2H3,(H,60,62)(H,64,65)(H,66,67). The highest BCUT2D eigenvalue weighted by molar-refractivity contribution is 7.47. The second kappa shape index (κ2) is 54.7. The molecule has 3 atom stereocenters. The number of nitrogens with one attached hydrogen (secondary N) is 1. The minimum Gasteiger partial charge on any atom is -0.480 e. The normalized spacial score (nSPS) is 13.3. The zero-order valence-corrected chi connectivity index (χ0v) is 47.5. The van der Waals surface area contributed by atoms with Crippen molar-refractivity contribution in [3.05, 3.63) is 0 Å². The maximum atomic E-state index is 12.4.